The average molecular weight is 377 g/mol. The molecule has 0 aliphatic rings. The molecule has 1 heterocycles. The van der Waals surface area contributed by atoms with Crippen molar-refractivity contribution >= 4 is 39.1 Å². The van der Waals surface area contributed by atoms with E-state index in [1.165, 1.54) is 6.20 Å². The molecule has 22 heavy (non-hydrogen) atoms. The number of aromatic nitrogens is 2. The third kappa shape index (κ3) is 3.37. The Balaban J connectivity index is 1.76. The SMILES string of the molecule is O=C(Nc1ccc(Br)cc1)c1cnn(-c2ccc(Cl)cc2)c1. The smallest absolute Gasteiger partial charge is 0.258 e. The number of hydrogen-bond acceptors (Lipinski definition) is 2. The van der Waals surface area contributed by atoms with E-state index in [9.17, 15) is 4.79 Å². The average Bonchev–Trinajstić information content (AvgIpc) is 3.00. The molecule has 0 radical (unpaired) electrons. The van der Waals surface area contributed by atoms with Gasteiger partial charge in [-0.25, -0.2) is 4.68 Å². The lowest BCUT2D eigenvalue weighted by atomic mass is 10.3. The molecule has 0 saturated heterocycles. The highest BCUT2D eigenvalue weighted by atomic mass is 79.9. The molecule has 3 aromatic rings. The molecule has 0 aliphatic heterocycles. The van der Waals surface area contributed by atoms with Crippen molar-refractivity contribution in [2.75, 3.05) is 5.32 Å². The summed E-state index contributed by atoms with van der Waals surface area (Å²) >= 11 is 9.21. The second-order valence-electron chi connectivity index (χ2n) is 4.61. The molecule has 1 amide bonds. The second-order valence-corrected chi connectivity index (χ2v) is 5.96. The first-order valence-electron chi connectivity index (χ1n) is 6.49. The zero-order valence-corrected chi connectivity index (χ0v) is 13.7. The molecule has 1 aromatic heterocycles. The van der Waals surface area contributed by atoms with Crippen LogP contribution < -0.4 is 5.32 Å². The summed E-state index contributed by atoms with van der Waals surface area (Å²) in [5.74, 6) is -0.206. The Morgan fingerprint density at radius 3 is 2.45 bits per heavy atom. The summed E-state index contributed by atoms with van der Waals surface area (Å²) in [6.45, 7) is 0. The maximum absolute atomic E-state index is 12.2. The van der Waals surface area contributed by atoms with Gasteiger partial charge < -0.3 is 5.32 Å². The van der Waals surface area contributed by atoms with Crippen molar-refractivity contribution in [2.24, 2.45) is 0 Å². The highest BCUT2D eigenvalue weighted by Gasteiger charge is 2.09. The van der Waals surface area contributed by atoms with Crippen molar-refractivity contribution in [3.8, 4) is 5.69 Å². The van der Waals surface area contributed by atoms with Crippen LogP contribution >= 0.6 is 27.5 Å². The Morgan fingerprint density at radius 2 is 1.77 bits per heavy atom. The number of carbonyl (C=O) groups is 1. The van der Waals surface area contributed by atoms with Crippen LogP contribution in [0.4, 0.5) is 5.69 Å². The Morgan fingerprint density at radius 1 is 1.09 bits per heavy atom. The highest BCUT2D eigenvalue weighted by Crippen LogP contribution is 2.16. The van der Waals surface area contributed by atoms with Crippen LogP contribution in [0.2, 0.25) is 5.02 Å². The molecule has 6 heteroatoms. The van der Waals surface area contributed by atoms with E-state index in [-0.39, 0.29) is 5.91 Å². The summed E-state index contributed by atoms with van der Waals surface area (Å²) in [6, 6.07) is 14.6. The van der Waals surface area contributed by atoms with Crippen LogP contribution in [0.1, 0.15) is 10.4 Å². The Hall–Kier alpha value is -2.11. The number of nitrogens with one attached hydrogen (secondary N) is 1. The van der Waals surface area contributed by atoms with Crippen molar-refractivity contribution in [3.05, 3.63) is 76.0 Å². The van der Waals surface area contributed by atoms with Crippen LogP contribution in [0.5, 0.6) is 0 Å². The second kappa shape index (κ2) is 6.34. The molecule has 1 N–H and O–H groups in total. The van der Waals surface area contributed by atoms with Gasteiger partial charge in [0.2, 0.25) is 0 Å². The third-order valence-corrected chi connectivity index (χ3v) is 3.82. The maximum atomic E-state index is 12.2. The van der Waals surface area contributed by atoms with Gasteiger partial charge in [0, 0.05) is 21.4 Å². The van der Waals surface area contributed by atoms with Crippen LogP contribution in [0.25, 0.3) is 5.69 Å². The number of rotatable bonds is 3. The van der Waals surface area contributed by atoms with Gasteiger partial charge in [-0.15, -0.1) is 0 Å². The lowest BCUT2D eigenvalue weighted by Gasteiger charge is -2.03. The monoisotopic (exact) mass is 375 g/mol. The van der Waals surface area contributed by atoms with Gasteiger partial charge in [0.25, 0.3) is 5.91 Å². The van der Waals surface area contributed by atoms with Gasteiger partial charge in [0.1, 0.15) is 0 Å². The first-order valence-corrected chi connectivity index (χ1v) is 7.66. The zero-order chi connectivity index (χ0) is 15.5. The van der Waals surface area contributed by atoms with E-state index in [0.29, 0.717) is 10.6 Å². The van der Waals surface area contributed by atoms with Crippen molar-refractivity contribution in [1.82, 2.24) is 9.78 Å². The fraction of sp³-hybridized carbons (Fsp3) is 0. The molecule has 110 valence electrons. The van der Waals surface area contributed by atoms with Gasteiger partial charge in [-0.1, -0.05) is 27.5 Å². The molecule has 4 nitrogen and oxygen atoms in total. The first-order chi connectivity index (χ1) is 10.6. The van der Waals surface area contributed by atoms with Crippen LogP contribution in [0, 0.1) is 0 Å². The van der Waals surface area contributed by atoms with Crippen LogP contribution in [0.15, 0.2) is 65.4 Å². The number of carbonyl (C=O) groups excluding carboxylic acids is 1. The Labute approximate surface area is 140 Å². The number of benzene rings is 2. The molecule has 0 bridgehead atoms. The van der Waals surface area contributed by atoms with Gasteiger partial charge >= 0.3 is 0 Å². The topological polar surface area (TPSA) is 46.9 Å². The zero-order valence-electron chi connectivity index (χ0n) is 11.3. The molecule has 0 fully saturated rings. The number of amides is 1. The van der Waals surface area contributed by atoms with Crippen molar-refractivity contribution in [3.63, 3.8) is 0 Å². The number of hydrogen-bond donors (Lipinski definition) is 1. The minimum absolute atomic E-state index is 0.206. The minimum Gasteiger partial charge on any atom is -0.322 e. The largest absolute Gasteiger partial charge is 0.322 e. The molecule has 0 atom stereocenters. The standard InChI is InChI=1S/C16H11BrClN3O/c17-12-1-5-14(6-2-12)20-16(22)11-9-19-21(10-11)15-7-3-13(18)4-8-15/h1-10H,(H,20,22). The van der Waals surface area contributed by atoms with Crippen LogP contribution in [-0.4, -0.2) is 15.7 Å². The molecule has 2 aromatic carbocycles. The summed E-state index contributed by atoms with van der Waals surface area (Å²) in [5.41, 5.74) is 2.05. The van der Waals surface area contributed by atoms with Gasteiger partial charge in [0.05, 0.1) is 17.4 Å². The van der Waals surface area contributed by atoms with Crippen LogP contribution in [0.3, 0.4) is 0 Å². The summed E-state index contributed by atoms with van der Waals surface area (Å²) in [7, 11) is 0. The summed E-state index contributed by atoms with van der Waals surface area (Å²) in [5, 5.41) is 7.68. The molecular formula is C16H11BrClN3O. The molecule has 3 rings (SSSR count). The van der Waals surface area contributed by atoms with E-state index in [1.54, 1.807) is 23.0 Å². The molecule has 0 spiro atoms. The Kier molecular flexibility index (Phi) is 4.27. The highest BCUT2D eigenvalue weighted by molar-refractivity contribution is 9.10. The molecule has 0 unspecified atom stereocenters. The third-order valence-electron chi connectivity index (χ3n) is 3.04. The molecule has 0 saturated carbocycles. The summed E-state index contributed by atoms with van der Waals surface area (Å²) in [4.78, 5) is 12.2. The van der Waals surface area contributed by atoms with E-state index in [0.717, 1.165) is 15.8 Å². The van der Waals surface area contributed by atoms with E-state index in [2.05, 4.69) is 26.3 Å². The number of halogens is 2. The normalized spacial score (nSPS) is 10.5. The Bertz CT molecular complexity index is 797. The fourth-order valence-electron chi connectivity index (χ4n) is 1.91. The lowest BCUT2D eigenvalue weighted by molar-refractivity contribution is 0.102. The summed E-state index contributed by atoms with van der Waals surface area (Å²) < 4.78 is 2.59. The van der Waals surface area contributed by atoms with Crippen molar-refractivity contribution in [2.45, 2.75) is 0 Å². The molecular weight excluding hydrogens is 366 g/mol. The summed E-state index contributed by atoms with van der Waals surface area (Å²) in [6.07, 6.45) is 3.21. The van der Waals surface area contributed by atoms with Gasteiger partial charge in [-0.3, -0.25) is 4.79 Å². The van der Waals surface area contributed by atoms with Gasteiger partial charge in [-0.05, 0) is 48.5 Å². The quantitative estimate of drug-likeness (QED) is 0.729. The van der Waals surface area contributed by atoms with E-state index in [4.69, 9.17) is 11.6 Å². The predicted octanol–water partition coefficient (Wildman–Crippen LogP) is 4.54. The van der Waals surface area contributed by atoms with Crippen molar-refractivity contribution < 1.29 is 4.79 Å². The number of nitrogens with zero attached hydrogens (tertiary/aromatic N) is 2. The lowest BCUT2D eigenvalue weighted by Crippen LogP contribution is -2.10. The van der Waals surface area contributed by atoms with Crippen LogP contribution in [-0.2, 0) is 0 Å². The van der Waals surface area contributed by atoms with Gasteiger partial charge in [-0.2, -0.15) is 5.10 Å². The van der Waals surface area contributed by atoms with Crippen molar-refractivity contribution in [1.29, 1.82) is 0 Å². The fourth-order valence-corrected chi connectivity index (χ4v) is 2.30. The van der Waals surface area contributed by atoms with E-state index in [1.807, 2.05) is 36.4 Å². The van der Waals surface area contributed by atoms with E-state index >= 15 is 0 Å². The minimum atomic E-state index is -0.206. The molecule has 0 aliphatic carbocycles. The first kappa shape index (κ1) is 14.8. The van der Waals surface area contributed by atoms with E-state index < -0.39 is 0 Å². The number of anilines is 1. The predicted molar refractivity (Wildman–Crippen MR) is 90.7 cm³/mol. The van der Waals surface area contributed by atoms with Gasteiger partial charge in [0.15, 0.2) is 0 Å². The maximum Gasteiger partial charge on any atom is 0.258 e.